The van der Waals surface area contributed by atoms with Crippen molar-refractivity contribution in [2.24, 2.45) is 0 Å². The molecule has 2 N–H and O–H groups in total. The molecule has 0 amide bonds. The monoisotopic (exact) mass is 424 g/mol. The first kappa shape index (κ1) is 22.1. The first-order valence-corrected chi connectivity index (χ1v) is 9.45. The average molecular weight is 424 g/mol. The van der Waals surface area contributed by atoms with Gasteiger partial charge in [-0.2, -0.15) is 0 Å². The SMILES string of the molecule is COc1ccc(F)cc1C(C)(CF)CC(O)(Cc1[nH]c2ccncc2c1C)C(F)F. The Labute approximate surface area is 171 Å². The largest absolute Gasteiger partial charge is 0.496 e. The highest BCUT2D eigenvalue weighted by Crippen LogP contribution is 2.42. The number of nitrogens with one attached hydrogen (secondary N) is 1. The smallest absolute Gasteiger partial charge is 0.267 e. The molecule has 0 saturated carbocycles. The number of methoxy groups -OCH3 is 1. The van der Waals surface area contributed by atoms with Crippen molar-refractivity contribution in [2.45, 2.75) is 44.1 Å². The summed E-state index contributed by atoms with van der Waals surface area (Å²) in [4.78, 5) is 7.07. The van der Waals surface area contributed by atoms with Crippen molar-refractivity contribution in [2.75, 3.05) is 13.8 Å². The van der Waals surface area contributed by atoms with Gasteiger partial charge in [0.1, 0.15) is 17.2 Å². The van der Waals surface area contributed by atoms with Gasteiger partial charge >= 0.3 is 0 Å². The molecule has 0 spiro atoms. The molecule has 0 radical (unpaired) electrons. The van der Waals surface area contributed by atoms with Gasteiger partial charge in [0.05, 0.1) is 13.8 Å². The highest BCUT2D eigenvalue weighted by atomic mass is 19.3. The third-order valence-electron chi connectivity index (χ3n) is 5.66. The molecule has 2 atom stereocenters. The molecule has 162 valence electrons. The van der Waals surface area contributed by atoms with Crippen molar-refractivity contribution in [1.82, 2.24) is 9.97 Å². The van der Waals surface area contributed by atoms with Crippen molar-refractivity contribution < 1.29 is 27.4 Å². The van der Waals surface area contributed by atoms with Gasteiger partial charge < -0.3 is 14.8 Å². The van der Waals surface area contributed by atoms with Crippen LogP contribution >= 0.6 is 0 Å². The predicted molar refractivity (Wildman–Crippen MR) is 106 cm³/mol. The lowest BCUT2D eigenvalue weighted by molar-refractivity contribution is -0.113. The molecule has 30 heavy (non-hydrogen) atoms. The Hall–Kier alpha value is -2.61. The zero-order chi connectivity index (χ0) is 22.1. The number of pyridine rings is 1. The van der Waals surface area contributed by atoms with E-state index in [1.54, 1.807) is 25.4 Å². The molecule has 0 aliphatic heterocycles. The number of aryl methyl sites for hydroxylation is 1. The van der Waals surface area contributed by atoms with Crippen LogP contribution in [0, 0.1) is 12.7 Å². The maximum Gasteiger partial charge on any atom is 0.267 e. The van der Waals surface area contributed by atoms with E-state index in [-0.39, 0.29) is 11.3 Å². The van der Waals surface area contributed by atoms with Crippen LogP contribution in [0.4, 0.5) is 17.6 Å². The summed E-state index contributed by atoms with van der Waals surface area (Å²) in [6.07, 6.45) is -1.06. The van der Waals surface area contributed by atoms with Crippen LogP contribution in [-0.4, -0.2) is 40.9 Å². The van der Waals surface area contributed by atoms with Crippen LogP contribution in [0.2, 0.25) is 0 Å². The van der Waals surface area contributed by atoms with Gasteiger partial charge in [-0.25, -0.2) is 13.2 Å². The molecule has 4 nitrogen and oxygen atoms in total. The van der Waals surface area contributed by atoms with Crippen LogP contribution in [0.3, 0.4) is 0 Å². The molecule has 1 aromatic carbocycles. The Morgan fingerprint density at radius 2 is 2.00 bits per heavy atom. The summed E-state index contributed by atoms with van der Waals surface area (Å²) in [5.74, 6) is -0.481. The van der Waals surface area contributed by atoms with Crippen LogP contribution in [0.1, 0.15) is 30.2 Å². The van der Waals surface area contributed by atoms with Gasteiger partial charge in [-0.15, -0.1) is 0 Å². The Balaban J connectivity index is 2.02. The molecule has 0 aliphatic rings. The lowest BCUT2D eigenvalue weighted by Gasteiger charge is -2.37. The van der Waals surface area contributed by atoms with E-state index in [0.29, 0.717) is 16.8 Å². The van der Waals surface area contributed by atoms with E-state index < -0.39 is 42.8 Å². The molecule has 2 heterocycles. The third-order valence-corrected chi connectivity index (χ3v) is 5.66. The first-order valence-electron chi connectivity index (χ1n) is 9.45. The topological polar surface area (TPSA) is 58.1 Å². The number of ether oxygens (including phenoxy) is 1. The van der Waals surface area contributed by atoms with Gasteiger partial charge in [-0.3, -0.25) is 9.37 Å². The maximum absolute atomic E-state index is 14.2. The molecular formula is C22H24F4N2O2. The Morgan fingerprint density at radius 3 is 2.60 bits per heavy atom. The van der Waals surface area contributed by atoms with E-state index in [0.717, 1.165) is 17.5 Å². The first-order chi connectivity index (χ1) is 14.1. The molecular weight excluding hydrogens is 400 g/mol. The number of H-pyrrole nitrogens is 1. The van der Waals surface area contributed by atoms with Crippen LogP contribution in [0.25, 0.3) is 10.9 Å². The fraction of sp³-hybridized carbons (Fsp3) is 0.409. The molecule has 8 heteroatoms. The molecule has 0 saturated heterocycles. The van der Waals surface area contributed by atoms with E-state index in [1.165, 1.54) is 20.1 Å². The Kier molecular flexibility index (Phi) is 6.08. The number of aromatic amines is 1. The number of aromatic nitrogens is 2. The van der Waals surface area contributed by atoms with Crippen LogP contribution < -0.4 is 4.74 Å². The minimum atomic E-state index is -3.16. The predicted octanol–water partition coefficient (Wildman–Crippen LogP) is 4.88. The van der Waals surface area contributed by atoms with Gasteiger partial charge in [0.2, 0.25) is 0 Å². The summed E-state index contributed by atoms with van der Waals surface area (Å²) >= 11 is 0. The molecule has 0 aliphatic carbocycles. The average Bonchev–Trinajstić information content (AvgIpc) is 3.03. The number of fused-ring (bicyclic) bond motifs is 1. The lowest BCUT2D eigenvalue weighted by Crippen LogP contribution is -2.47. The number of halogens is 4. The minimum absolute atomic E-state index is 0.0872. The minimum Gasteiger partial charge on any atom is -0.496 e. The number of benzene rings is 1. The number of hydrogen-bond donors (Lipinski definition) is 2. The second-order valence-corrected chi connectivity index (χ2v) is 7.95. The zero-order valence-electron chi connectivity index (χ0n) is 17.0. The fourth-order valence-electron chi connectivity index (χ4n) is 3.96. The van der Waals surface area contributed by atoms with Crippen molar-refractivity contribution in [3.05, 3.63) is 59.3 Å². The zero-order valence-corrected chi connectivity index (χ0v) is 17.0. The van der Waals surface area contributed by atoms with Gasteiger partial charge in [0.15, 0.2) is 0 Å². The fourth-order valence-corrected chi connectivity index (χ4v) is 3.96. The van der Waals surface area contributed by atoms with Gasteiger partial charge in [0.25, 0.3) is 6.43 Å². The molecule has 3 aromatic rings. The molecule has 0 fully saturated rings. The standard InChI is InChI=1S/C22H24F4N2O2/c1-13-15-10-27-7-6-17(15)28-18(13)9-22(29,20(25)26)11-21(2,12-23)16-8-14(24)4-5-19(16)30-3/h4-8,10,20,28-29H,9,11-12H2,1-3H3. The van der Waals surface area contributed by atoms with E-state index in [4.69, 9.17) is 4.74 Å². The van der Waals surface area contributed by atoms with Gasteiger partial charge in [0, 0.05) is 46.4 Å². The van der Waals surface area contributed by atoms with E-state index >= 15 is 0 Å². The van der Waals surface area contributed by atoms with Gasteiger partial charge in [-0.05, 0) is 43.2 Å². The van der Waals surface area contributed by atoms with Crippen molar-refractivity contribution in [3.8, 4) is 5.75 Å². The Morgan fingerprint density at radius 1 is 1.27 bits per heavy atom. The van der Waals surface area contributed by atoms with Crippen LogP contribution in [0.15, 0.2) is 36.7 Å². The summed E-state index contributed by atoms with van der Waals surface area (Å²) in [5.41, 5.74) is -2.27. The van der Waals surface area contributed by atoms with Crippen molar-refractivity contribution in [3.63, 3.8) is 0 Å². The summed E-state index contributed by atoms with van der Waals surface area (Å²) < 4.78 is 61.4. The van der Waals surface area contributed by atoms with Crippen LogP contribution in [0.5, 0.6) is 5.75 Å². The number of nitrogens with zero attached hydrogens (tertiary/aromatic N) is 1. The van der Waals surface area contributed by atoms with E-state index in [2.05, 4.69) is 9.97 Å². The molecule has 0 bridgehead atoms. The van der Waals surface area contributed by atoms with E-state index in [1.807, 2.05) is 0 Å². The van der Waals surface area contributed by atoms with Crippen LogP contribution in [-0.2, 0) is 11.8 Å². The second-order valence-electron chi connectivity index (χ2n) is 7.95. The van der Waals surface area contributed by atoms with Gasteiger partial charge in [-0.1, -0.05) is 6.92 Å². The number of alkyl halides is 3. The summed E-state index contributed by atoms with van der Waals surface area (Å²) in [7, 11) is 1.33. The summed E-state index contributed by atoms with van der Waals surface area (Å²) in [5, 5.41) is 11.7. The van der Waals surface area contributed by atoms with Crippen molar-refractivity contribution in [1.29, 1.82) is 0 Å². The highest BCUT2D eigenvalue weighted by molar-refractivity contribution is 5.83. The molecule has 2 unspecified atom stereocenters. The number of hydrogen-bond acceptors (Lipinski definition) is 3. The Bertz CT molecular complexity index is 1040. The second kappa shape index (κ2) is 8.26. The normalized spacial score (nSPS) is 15.9. The highest BCUT2D eigenvalue weighted by Gasteiger charge is 2.46. The van der Waals surface area contributed by atoms with E-state index in [9.17, 15) is 22.7 Å². The third kappa shape index (κ3) is 4.01. The molecule has 3 rings (SSSR count). The maximum atomic E-state index is 14.2. The number of rotatable bonds is 8. The lowest BCUT2D eigenvalue weighted by atomic mass is 9.72. The number of aliphatic hydroxyl groups is 1. The molecule has 2 aromatic heterocycles. The quantitative estimate of drug-likeness (QED) is 0.507. The summed E-state index contributed by atoms with van der Waals surface area (Å²) in [6, 6.07) is 5.22. The summed E-state index contributed by atoms with van der Waals surface area (Å²) in [6.45, 7) is 2.03. The van der Waals surface area contributed by atoms with Crippen molar-refractivity contribution >= 4 is 10.9 Å².